The summed E-state index contributed by atoms with van der Waals surface area (Å²) in [5, 5.41) is 3.20. The number of carbonyl (C=O) groups is 2. The number of hydrogen-bond donors (Lipinski definition) is 1. The Morgan fingerprint density at radius 1 is 0.929 bits per heavy atom. The second-order valence-electron chi connectivity index (χ2n) is 11.1. The largest absolute Gasteiger partial charge is 0.493 e. The molecule has 6 rings (SSSR count). The van der Waals surface area contributed by atoms with Gasteiger partial charge in [-0.25, -0.2) is 4.39 Å². The van der Waals surface area contributed by atoms with Gasteiger partial charge in [0.15, 0.2) is 11.5 Å². The van der Waals surface area contributed by atoms with Crippen molar-refractivity contribution in [3.05, 3.63) is 88.7 Å². The molecule has 0 radical (unpaired) electrons. The van der Waals surface area contributed by atoms with Gasteiger partial charge in [-0.1, -0.05) is 24.3 Å². The van der Waals surface area contributed by atoms with Crippen molar-refractivity contribution >= 4 is 17.5 Å². The molecule has 0 aliphatic carbocycles. The van der Waals surface area contributed by atoms with Crippen LogP contribution in [0.3, 0.4) is 0 Å². The van der Waals surface area contributed by atoms with Gasteiger partial charge in [0.25, 0.3) is 5.91 Å². The van der Waals surface area contributed by atoms with Gasteiger partial charge in [0.05, 0.1) is 26.2 Å². The van der Waals surface area contributed by atoms with Crippen LogP contribution in [-0.4, -0.2) is 81.6 Å². The molecule has 1 N–H and O–H groups in total. The zero-order valence-corrected chi connectivity index (χ0v) is 24.1. The van der Waals surface area contributed by atoms with Gasteiger partial charge < -0.3 is 24.6 Å². The summed E-state index contributed by atoms with van der Waals surface area (Å²) >= 11 is 0. The van der Waals surface area contributed by atoms with Crippen molar-refractivity contribution in [1.29, 1.82) is 0 Å². The van der Waals surface area contributed by atoms with Crippen molar-refractivity contribution < 1.29 is 23.5 Å². The summed E-state index contributed by atoms with van der Waals surface area (Å²) in [7, 11) is 3.11. The average molecular weight is 573 g/mol. The van der Waals surface area contributed by atoms with Crippen molar-refractivity contribution in [1.82, 2.24) is 15.1 Å². The van der Waals surface area contributed by atoms with Gasteiger partial charge in [0, 0.05) is 50.5 Å². The fourth-order valence-electron chi connectivity index (χ4n) is 6.64. The number of carbonyl (C=O) groups excluding carboxylic acids is 2. The number of methoxy groups -OCH3 is 2. The number of amides is 2. The van der Waals surface area contributed by atoms with Crippen LogP contribution in [0.4, 0.5) is 10.1 Å². The number of rotatable bonds is 8. The zero-order chi connectivity index (χ0) is 29.2. The zero-order valence-electron chi connectivity index (χ0n) is 24.1. The van der Waals surface area contributed by atoms with Crippen LogP contribution in [0, 0.1) is 5.82 Å². The van der Waals surface area contributed by atoms with Gasteiger partial charge >= 0.3 is 0 Å². The Labute approximate surface area is 246 Å². The third-order valence-corrected chi connectivity index (χ3v) is 8.83. The highest BCUT2D eigenvalue weighted by Gasteiger charge is 2.46. The molecule has 0 aromatic heterocycles. The van der Waals surface area contributed by atoms with Gasteiger partial charge in [-0.3, -0.25) is 14.5 Å². The molecule has 42 heavy (non-hydrogen) atoms. The number of benzene rings is 3. The summed E-state index contributed by atoms with van der Waals surface area (Å²) < 4.78 is 24.3. The molecule has 0 spiro atoms. The average Bonchev–Trinajstić information content (AvgIpc) is 3.03. The van der Waals surface area contributed by atoms with Crippen LogP contribution in [0.2, 0.25) is 0 Å². The quantitative estimate of drug-likeness (QED) is 0.412. The molecule has 0 saturated carbocycles. The maximum Gasteiger partial charge on any atom is 0.254 e. The van der Waals surface area contributed by atoms with Crippen molar-refractivity contribution in [2.45, 2.75) is 24.8 Å². The van der Waals surface area contributed by atoms with Crippen LogP contribution in [0.15, 0.2) is 60.7 Å². The summed E-state index contributed by atoms with van der Waals surface area (Å²) in [6.45, 7) is 5.57. The van der Waals surface area contributed by atoms with E-state index in [0.717, 1.165) is 56.8 Å². The second-order valence-corrected chi connectivity index (χ2v) is 11.1. The molecular formula is C33H37FN4O4. The molecule has 3 aliphatic heterocycles. The van der Waals surface area contributed by atoms with Crippen molar-refractivity contribution in [2.24, 2.45) is 0 Å². The molecule has 2 atom stereocenters. The molecular weight excluding hydrogens is 535 g/mol. The minimum atomic E-state index is -0.571. The first-order valence-electron chi connectivity index (χ1n) is 14.6. The monoisotopic (exact) mass is 572 g/mol. The van der Waals surface area contributed by atoms with Crippen LogP contribution < -0.4 is 19.7 Å². The lowest BCUT2D eigenvalue weighted by atomic mass is 9.75. The van der Waals surface area contributed by atoms with Gasteiger partial charge in [-0.05, 0) is 72.5 Å². The number of nitrogens with zero attached hydrogens (tertiary/aromatic N) is 3. The first-order chi connectivity index (χ1) is 20.5. The number of piperazine rings is 1. The lowest BCUT2D eigenvalue weighted by Crippen LogP contribution is -2.50. The normalized spacial score (nSPS) is 19.9. The lowest BCUT2D eigenvalue weighted by molar-refractivity contribution is -0.124. The molecule has 9 heteroatoms. The number of ether oxygens (including phenoxy) is 2. The number of halogens is 1. The van der Waals surface area contributed by atoms with E-state index in [0.29, 0.717) is 35.7 Å². The minimum Gasteiger partial charge on any atom is -0.493 e. The van der Waals surface area contributed by atoms with Gasteiger partial charge in [0.2, 0.25) is 5.91 Å². The number of fused-ring (bicyclic) bond motifs is 4. The standard InChI is InChI=1S/C33H37FN4O4/c1-41-28-20-26-27(21-29(28)42-2)33(40)38-15-12-22-6-3-4-7-25(22)31(38)30(26)32(39)35-13-5-14-36-16-18-37(19-17-36)24-10-8-23(34)9-11-24/h3-4,6-11,20-21,30-31H,5,12-19H2,1-2H3,(H,35,39)/t30-,31-/m1/s1. The van der Waals surface area contributed by atoms with E-state index in [9.17, 15) is 14.0 Å². The van der Waals surface area contributed by atoms with Crippen LogP contribution in [-0.2, 0) is 11.2 Å². The van der Waals surface area contributed by atoms with Crippen molar-refractivity contribution in [3.63, 3.8) is 0 Å². The summed E-state index contributed by atoms with van der Waals surface area (Å²) in [6.07, 6.45) is 1.57. The van der Waals surface area contributed by atoms with Crippen LogP contribution in [0.5, 0.6) is 11.5 Å². The van der Waals surface area contributed by atoms with E-state index in [1.54, 1.807) is 26.4 Å². The van der Waals surface area contributed by atoms with Crippen LogP contribution in [0.25, 0.3) is 0 Å². The Kier molecular flexibility index (Phi) is 8.02. The SMILES string of the molecule is COc1cc2c(cc1OC)[C@@H](C(=O)NCCCN1CCN(c3ccc(F)cc3)CC1)[C@H]1c3ccccc3CCN1C2=O. The highest BCUT2D eigenvalue weighted by atomic mass is 19.1. The topological polar surface area (TPSA) is 74.4 Å². The van der Waals surface area contributed by atoms with Gasteiger partial charge in [-0.15, -0.1) is 0 Å². The second kappa shape index (κ2) is 12.0. The van der Waals surface area contributed by atoms with E-state index < -0.39 is 5.92 Å². The number of hydrogen-bond acceptors (Lipinski definition) is 6. The fraction of sp³-hybridized carbons (Fsp3) is 0.394. The van der Waals surface area contributed by atoms with E-state index in [1.165, 1.54) is 17.7 Å². The molecule has 2 amide bonds. The first kappa shape index (κ1) is 28.0. The molecule has 1 saturated heterocycles. The van der Waals surface area contributed by atoms with E-state index in [-0.39, 0.29) is 23.7 Å². The predicted octanol–water partition coefficient (Wildman–Crippen LogP) is 4.01. The summed E-state index contributed by atoms with van der Waals surface area (Å²) in [4.78, 5) is 34.2. The van der Waals surface area contributed by atoms with E-state index in [2.05, 4.69) is 21.2 Å². The first-order valence-corrected chi connectivity index (χ1v) is 14.6. The van der Waals surface area contributed by atoms with E-state index in [4.69, 9.17) is 9.47 Å². The van der Waals surface area contributed by atoms with Crippen LogP contribution in [0.1, 0.15) is 45.4 Å². The Bertz CT molecular complexity index is 1450. The molecule has 3 heterocycles. The third-order valence-electron chi connectivity index (χ3n) is 8.83. The highest BCUT2D eigenvalue weighted by molar-refractivity contribution is 6.02. The van der Waals surface area contributed by atoms with E-state index in [1.807, 2.05) is 35.2 Å². The van der Waals surface area contributed by atoms with E-state index >= 15 is 0 Å². The van der Waals surface area contributed by atoms with Crippen molar-refractivity contribution in [2.75, 3.05) is 64.9 Å². The maximum atomic E-state index is 14.0. The van der Waals surface area contributed by atoms with Crippen LogP contribution >= 0.6 is 0 Å². The Morgan fingerprint density at radius 2 is 1.64 bits per heavy atom. The van der Waals surface area contributed by atoms with Gasteiger partial charge in [0.1, 0.15) is 5.82 Å². The lowest BCUT2D eigenvalue weighted by Gasteiger charge is -2.45. The Hall–Kier alpha value is -4.11. The fourth-order valence-corrected chi connectivity index (χ4v) is 6.64. The Balaban J connectivity index is 1.15. The van der Waals surface area contributed by atoms with Gasteiger partial charge in [-0.2, -0.15) is 0 Å². The predicted molar refractivity (Wildman–Crippen MR) is 159 cm³/mol. The minimum absolute atomic E-state index is 0.0886. The van der Waals surface area contributed by atoms with Crippen molar-refractivity contribution in [3.8, 4) is 11.5 Å². The molecule has 1 fully saturated rings. The molecule has 3 aromatic rings. The third kappa shape index (κ3) is 5.29. The molecule has 0 unspecified atom stereocenters. The number of nitrogens with one attached hydrogen (secondary N) is 1. The summed E-state index contributed by atoms with van der Waals surface area (Å²) in [5.74, 6) is -0.00312. The number of anilines is 1. The molecule has 220 valence electrons. The molecule has 0 bridgehead atoms. The Morgan fingerprint density at radius 3 is 2.38 bits per heavy atom. The summed E-state index contributed by atoms with van der Waals surface area (Å²) in [6, 6.07) is 17.9. The molecule has 3 aliphatic rings. The molecule has 8 nitrogen and oxygen atoms in total. The molecule has 3 aromatic carbocycles. The smallest absolute Gasteiger partial charge is 0.254 e. The maximum absolute atomic E-state index is 14.0. The summed E-state index contributed by atoms with van der Waals surface area (Å²) in [5.41, 5.74) is 4.40. The highest BCUT2D eigenvalue weighted by Crippen LogP contribution is 2.48.